The lowest BCUT2D eigenvalue weighted by molar-refractivity contribution is -0.137. The molecular weight excluding hydrogens is 342 g/mol. The minimum atomic E-state index is -0.882. The summed E-state index contributed by atoms with van der Waals surface area (Å²) in [4.78, 5) is 22.1. The van der Waals surface area contributed by atoms with Gasteiger partial charge in [0, 0.05) is 6.54 Å². The van der Waals surface area contributed by atoms with E-state index in [1.165, 1.54) is 11.8 Å². The number of ether oxygens (including phenoxy) is 1. The highest BCUT2D eigenvalue weighted by Gasteiger charge is 2.38. The number of carboxylic acids is 1. The van der Waals surface area contributed by atoms with Gasteiger partial charge < -0.3 is 25.8 Å². The number of aliphatic carboxylic acids is 1. The van der Waals surface area contributed by atoms with Crippen LogP contribution >= 0.6 is 11.8 Å². The highest BCUT2D eigenvalue weighted by Crippen LogP contribution is 2.41. The summed E-state index contributed by atoms with van der Waals surface area (Å²) < 4.78 is 5.17. The van der Waals surface area contributed by atoms with Crippen LogP contribution in [-0.2, 0) is 9.53 Å². The van der Waals surface area contributed by atoms with Gasteiger partial charge in [0.25, 0.3) is 0 Å². The average Bonchev–Trinajstić information content (AvgIpc) is 2.82. The number of para-hydroxylation sites is 2. The number of thioether (sulfide) groups is 1. The molecule has 1 amide bonds. The zero-order valence-corrected chi connectivity index (χ0v) is 15.5. The number of carboxylic acid groups (broad SMARTS) is 1. The number of hydrogen-bond donors (Lipinski definition) is 4. The average molecular weight is 367 g/mol. The van der Waals surface area contributed by atoms with Crippen molar-refractivity contribution < 1.29 is 19.4 Å². The Morgan fingerprint density at radius 1 is 1.24 bits per heavy atom. The number of alkyl carbamates (subject to hydrolysis) is 1. The van der Waals surface area contributed by atoms with Crippen LogP contribution in [0.25, 0.3) is 0 Å². The molecule has 1 aromatic carbocycles. The molecule has 0 unspecified atom stereocenters. The maximum Gasteiger partial charge on any atom is 0.407 e. The number of carbonyl (C=O) groups excluding carboxylic acids is 1. The Kier molecular flexibility index (Phi) is 6.05. The van der Waals surface area contributed by atoms with E-state index < -0.39 is 22.7 Å². The molecule has 0 radical (unpaired) electrons. The van der Waals surface area contributed by atoms with Crippen LogP contribution in [0, 0.1) is 0 Å². The summed E-state index contributed by atoms with van der Waals surface area (Å²) in [6.07, 6.45) is 0.193. The predicted octanol–water partition coefficient (Wildman–Crippen LogP) is 3.30. The van der Waals surface area contributed by atoms with Gasteiger partial charge in [-0.25, -0.2) is 4.79 Å². The Morgan fingerprint density at radius 3 is 2.36 bits per heavy atom. The van der Waals surface area contributed by atoms with Gasteiger partial charge in [-0.3, -0.25) is 4.79 Å². The molecule has 0 spiro atoms. The quantitative estimate of drug-likeness (QED) is 0.549. The Morgan fingerprint density at radius 2 is 1.84 bits per heavy atom. The molecule has 0 atom stereocenters. The van der Waals surface area contributed by atoms with E-state index in [1.54, 1.807) is 0 Å². The summed E-state index contributed by atoms with van der Waals surface area (Å²) >= 11 is 1.49. The van der Waals surface area contributed by atoms with Crippen molar-refractivity contribution in [2.45, 2.75) is 44.2 Å². The molecule has 0 aromatic heterocycles. The molecule has 1 aliphatic heterocycles. The van der Waals surface area contributed by atoms with Crippen LogP contribution < -0.4 is 16.0 Å². The molecule has 0 bridgehead atoms. The van der Waals surface area contributed by atoms with Crippen LogP contribution in [0.4, 0.5) is 16.2 Å². The highest BCUT2D eigenvalue weighted by atomic mass is 32.2. The van der Waals surface area contributed by atoms with E-state index in [0.29, 0.717) is 18.7 Å². The fourth-order valence-corrected chi connectivity index (χ4v) is 3.64. The first kappa shape index (κ1) is 19.2. The fourth-order valence-electron chi connectivity index (χ4n) is 2.42. The lowest BCUT2D eigenvalue weighted by atomic mass is 10.2. The number of benzene rings is 1. The van der Waals surface area contributed by atoms with Crippen molar-refractivity contribution in [3.05, 3.63) is 24.3 Å². The van der Waals surface area contributed by atoms with Crippen LogP contribution in [0.15, 0.2) is 24.3 Å². The highest BCUT2D eigenvalue weighted by molar-refractivity contribution is 8.00. The molecule has 1 aromatic rings. The van der Waals surface area contributed by atoms with Crippen LogP contribution in [0.2, 0.25) is 0 Å². The molecule has 1 aliphatic rings. The Hall–Kier alpha value is -2.09. The van der Waals surface area contributed by atoms with Gasteiger partial charge in [0.15, 0.2) is 4.99 Å². The van der Waals surface area contributed by atoms with E-state index in [0.717, 1.165) is 11.4 Å². The van der Waals surface area contributed by atoms with Crippen molar-refractivity contribution in [2.24, 2.45) is 0 Å². The molecule has 0 saturated carbocycles. The zero-order valence-electron chi connectivity index (χ0n) is 14.7. The Balaban J connectivity index is 1.81. The van der Waals surface area contributed by atoms with Crippen molar-refractivity contribution in [3.63, 3.8) is 0 Å². The first-order valence-electron chi connectivity index (χ1n) is 8.17. The molecule has 2 rings (SSSR count). The smallest absolute Gasteiger partial charge is 0.407 e. The van der Waals surface area contributed by atoms with E-state index in [4.69, 9.17) is 4.74 Å². The second-order valence-corrected chi connectivity index (χ2v) is 8.22. The van der Waals surface area contributed by atoms with E-state index in [9.17, 15) is 14.7 Å². The first-order chi connectivity index (χ1) is 11.7. The molecular formula is C17H25N3O4S. The first-order valence-corrected chi connectivity index (χ1v) is 9.16. The topological polar surface area (TPSA) is 99.7 Å². The summed E-state index contributed by atoms with van der Waals surface area (Å²) in [6.45, 7) is 5.91. The number of anilines is 2. The van der Waals surface area contributed by atoms with Crippen molar-refractivity contribution in [3.8, 4) is 0 Å². The predicted molar refractivity (Wildman–Crippen MR) is 100.0 cm³/mol. The maximum absolute atomic E-state index is 11.6. The van der Waals surface area contributed by atoms with Crippen LogP contribution in [0.3, 0.4) is 0 Å². The minimum absolute atomic E-state index is 0.0636. The van der Waals surface area contributed by atoms with Gasteiger partial charge in [-0.2, -0.15) is 0 Å². The van der Waals surface area contributed by atoms with E-state index in [1.807, 2.05) is 45.0 Å². The third kappa shape index (κ3) is 6.04. The van der Waals surface area contributed by atoms with Gasteiger partial charge in [0.05, 0.1) is 17.8 Å². The summed E-state index contributed by atoms with van der Waals surface area (Å²) in [5, 5.41) is 18.5. The molecule has 0 saturated heterocycles. The molecule has 0 aliphatic carbocycles. The summed E-state index contributed by atoms with van der Waals surface area (Å²) in [5.41, 5.74) is 1.26. The lowest BCUT2D eigenvalue weighted by Gasteiger charge is -2.28. The van der Waals surface area contributed by atoms with E-state index >= 15 is 0 Å². The third-order valence-electron chi connectivity index (χ3n) is 3.34. The second kappa shape index (κ2) is 7.86. The monoisotopic (exact) mass is 367 g/mol. The van der Waals surface area contributed by atoms with Crippen molar-refractivity contribution >= 4 is 35.2 Å². The molecule has 8 heteroatoms. The normalized spacial score (nSPS) is 14.8. The summed E-state index contributed by atoms with van der Waals surface area (Å²) in [6, 6.07) is 7.63. The molecule has 25 heavy (non-hydrogen) atoms. The SMILES string of the molecule is CC(C)(C)OC(=O)NCCCSC1(CC(=O)O)Nc2ccccc2N1. The number of hydrogen-bond acceptors (Lipinski definition) is 6. The summed E-state index contributed by atoms with van der Waals surface area (Å²) in [5.74, 6) is -0.205. The molecule has 138 valence electrons. The van der Waals surface area contributed by atoms with Gasteiger partial charge in [-0.05, 0) is 45.1 Å². The van der Waals surface area contributed by atoms with Crippen LogP contribution in [-0.4, -0.2) is 40.1 Å². The van der Waals surface area contributed by atoms with Gasteiger partial charge >= 0.3 is 12.1 Å². The molecule has 7 nitrogen and oxygen atoms in total. The molecule has 0 fully saturated rings. The van der Waals surface area contributed by atoms with E-state index in [2.05, 4.69) is 16.0 Å². The summed E-state index contributed by atoms with van der Waals surface area (Å²) in [7, 11) is 0. The largest absolute Gasteiger partial charge is 0.481 e. The number of nitrogens with one attached hydrogen (secondary N) is 3. The van der Waals surface area contributed by atoms with Gasteiger partial charge in [0.2, 0.25) is 0 Å². The standard InChI is InChI=1S/C17H25N3O4S/c1-16(2,3)24-15(23)18-9-6-10-25-17(11-14(21)22)19-12-7-4-5-8-13(12)20-17/h4-5,7-8,19-20H,6,9-11H2,1-3H3,(H,18,23)(H,21,22). The van der Waals surface area contributed by atoms with Gasteiger partial charge in [0.1, 0.15) is 5.60 Å². The van der Waals surface area contributed by atoms with Crippen LogP contribution in [0.1, 0.15) is 33.6 Å². The Bertz CT molecular complexity index is 606. The lowest BCUT2D eigenvalue weighted by Crippen LogP contribution is -2.41. The Labute approximate surface area is 151 Å². The van der Waals surface area contributed by atoms with Crippen molar-refractivity contribution in [1.29, 1.82) is 0 Å². The fraction of sp³-hybridized carbons (Fsp3) is 0.529. The second-order valence-electron chi connectivity index (χ2n) is 6.82. The van der Waals surface area contributed by atoms with Gasteiger partial charge in [-0.15, -0.1) is 11.8 Å². The minimum Gasteiger partial charge on any atom is -0.481 e. The van der Waals surface area contributed by atoms with Gasteiger partial charge in [-0.1, -0.05) is 12.1 Å². The zero-order chi connectivity index (χ0) is 18.5. The van der Waals surface area contributed by atoms with Crippen LogP contribution in [0.5, 0.6) is 0 Å². The maximum atomic E-state index is 11.6. The number of fused-ring (bicyclic) bond motifs is 1. The number of amides is 1. The number of rotatable bonds is 7. The molecule has 1 heterocycles. The van der Waals surface area contributed by atoms with E-state index in [-0.39, 0.29) is 6.42 Å². The number of carbonyl (C=O) groups is 2. The third-order valence-corrected chi connectivity index (χ3v) is 4.67. The van der Waals surface area contributed by atoms with Crippen molar-refractivity contribution in [1.82, 2.24) is 5.32 Å². The molecule has 4 N–H and O–H groups in total. The van der Waals surface area contributed by atoms with Crippen molar-refractivity contribution in [2.75, 3.05) is 22.9 Å².